The Labute approximate surface area is 115 Å². The highest BCUT2D eigenvalue weighted by Gasteiger charge is 2.20. The number of nitrogens with zero attached hydrogens (tertiary/aromatic N) is 1. The van der Waals surface area contributed by atoms with E-state index in [1.54, 1.807) is 6.07 Å². The highest BCUT2D eigenvalue weighted by molar-refractivity contribution is 7.89. The first kappa shape index (κ1) is 15.9. The van der Waals surface area contributed by atoms with Gasteiger partial charge in [-0.25, -0.2) is 18.1 Å². The maximum Gasteiger partial charge on any atom is 0.244 e. The van der Waals surface area contributed by atoms with E-state index in [0.29, 0.717) is 0 Å². The summed E-state index contributed by atoms with van der Waals surface area (Å²) in [6.45, 7) is 4.02. The van der Waals surface area contributed by atoms with Gasteiger partial charge in [0.25, 0.3) is 0 Å². The molecular formula is C13H23N3O2S. The number of rotatable bonds is 8. The highest BCUT2D eigenvalue weighted by atomic mass is 32.2. The summed E-state index contributed by atoms with van der Waals surface area (Å²) in [6, 6.07) is 2.94. The van der Waals surface area contributed by atoms with Crippen molar-refractivity contribution in [3.63, 3.8) is 0 Å². The molecule has 0 spiro atoms. The molecule has 5 nitrogen and oxygen atoms in total. The van der Waals surface area contributed by atoms with Crippen LogP contribution >= 0.6 is 0 Å². The van der Waals surface area contributed by atoms with Crippen LogP contribution in [-0.2, 0) is 10.0 Å². The van der Waals surface area contributed by atoms with E-state index in [-0.39, 0.29) is 16.8 Å². The molecule has 0 aromatic carbocycles. The normalized spacial score (nSPS) is 13.4. The quantitative estimate of drug-likeness (QED) is 0.718. The number of sulfonamides is 1. The van der Waals surface area contributed by atoms with Crippen molar-refractivity contribution in [3.8, 4) is 0 Å². The summed E-state index contributed by atoms with van der Waals surface area (Å²) in [5.74, 6) is 0.0354. The van der Waals surface area contributed by atoms with Gasteiger partial charge in [0.15, 0.2) is 0 Å². The molecule has 0 amide bonds. The summed E-state index contributed by atoms with van der Waals surface area (Å²) in [7, 11) is -3.57. The van der Waals surface area contributed by atoms with E-state index in [9.17, 15) is 8.42 Å². The number of nitrogens with two attached hydrogens (primary N) is 1. The average molecular weight is 285 g/mol. The van der Waals surface area contributed by atoms with Gasteiger partial charge in [0, 0.05) is 12.2 Å². The monoisotopic (exact) mass is 285 g/mol. The van der Waals surface area contributed by atoms with Crippen molar-refractivity contribution < 1.29 is 8.42 Å². The molecule has 0 saturated heterocycles. The van der Waals surface area contributed by atoms with Gasteiger partial charge in [0.2, 0.25) is 10.0 Å². The molecule has 0 aliphatic heterocycles. The number of nitrogens with one attached hydrogen (secondary N) is 1. The first-order valence-corrected chi connectivity index (χ1v) is 8.18. The van der Waals surface area contributed by atoms with Crippen LogP contribution in [0.25, 0.3) is 0 Å². The Kier molecular flexibility index (Phi) is 6.24. The van der Waals surface area contributed by atoms with Gasteiger partial charge in [0.05, 0.1) is 0 Å². The maximum atomic E-state index is 12.1. The van der Waals surface area contributed by atoms with Crippen LogP contribution in [0.4, 0.5) is 5.82 Å². The second-order valence-corrected chi connectivity index (χ2v) is 6.44. The number of aromatic nitrogens is 1. The van der Waals surface area contributed by atoms with E-state index in [1.165, 1.54) is 25.1 Å². The second-order valence-electron chi connectivity index (χ2n) is 4.76. The van der Waals surface area contributed by atoms with Gasteiger partial charge < -0.3 is 5.73 Å². The summed E-state index contributed by atoms with van der Waals surface area (Å²) >= 11 is 0. The molecule has 0 aliphatic carbocycles. The largest absolute Gasteiger partial charge is 0.383 e. The molecule has 0 fully saturated rings. The third kappa shape index (κ3) is 5.16. The van der Waals surface area contributed by atoms with Gasteiger partial charge >= 0.3 is 0 Å². The fraction of sp³-hybridized carbons (Fsp3) is 0.615. The molecule has 3 N–H and O–H groups in total. The van der Waals surface area contributed by atoms with Crippen molar-refractivity contribution in [2.45, 2.75) is 56.9 Å². The smallest absolute Gasteiger partial charge is 0.244 e. The molecule has 1 heterocycles. The van der Waals surface area contributed by atoms with Crippen molar-refractivity contribution in [2.75, 3.05) is 5.73 Å². The number of hydrogen-bond acceptors (Lipinski definition) is 4. The van der Waals surface area contributed by atoms with Gasteiger partial charge in [-0.2, -0.15) is 0 Å². The lowest BCUT2D eigenvalue weighted by Crippen LogP contribution is -2.33. The molecule has 6 heteroatoms. The van der Waals surface area contributed by atoms with E-state index < -0.39 is 10.0 Å². The molecule has 108 valence electrons. The summed E-state index contributed by atoms with van der Waals surface area (Å²) in [4.78, 5) is 3.85. The van der Waals surface area contributed by atoms with Crippen LogP contribution in [0.3, 0.4) is 0 Å². The Bertz CT molecular complexity index is 488. The van der Waals surface area contributed by atoms with Crippen molar-refractivity contribution in [2.24, 2.45) is 0 Å². The van der Waals surface area contributed by atoms with E-state index in [0.717, 1.165) is 19.3 Å². The first-order chi connectivity index (χ1) is 8.97. The molecule has 19 heavy (non-hydrogen) atoms. The molecular weight excluding hydrogens is 262 g/mol. The Hall–Kier alpha value is -1.14. The number of anilines is 1. The van der Waals surface area contributed by atoms with Gasteiger partial charge in [-0.1, -0.05) is 32.6 Å². The van der Waals surface area contributed by atoms with Crippen LogP contribution in [0.15, 0.2) is 23.2 Å². The van der Waals surface area contributed by atoms with E-state index in [1.807, 2.05) is 6.92 Å². The van der Waals surface area contributed by atoms with Crippen molar-refractivity contribution in [3.05, 3.63) is 18.3 Å². The van der Waals surface area contributed by atoms with E-state index in [4.69, 9.17) is 5.73 Å². The molecule has 0 aliphatic rings. The van der Waals surface area contributed by atoms with Gasteiger partial charge in [-0.05, 0) is 25.5 Å². The molecule has 1 unspecified atom stereocenters. The number of hydrogen-bond donors (Lipinski definition) is 2. The Morgan fingerprint density at radius 2 is 2.11 bits per heavy atom. The van der Waals surface area contributed by atoms with Crippen LogP contribution < -0.4 is 10.5 Å². The zero-order valence-electron chi connectivity index (χ0n) is 11.6. The molecule has 1 atom stereocenters. The highest BCUT2D eigenvalue weighted by Crippen LogP contribution is 2.15. The zero-order valence-corrected chi connectivity index (χ0v) is 12.4. The Balaban J connectivity index is 2.58. The van der Waals surface area contributed by atoms with Gasteiger partial charge in [0.1, 0.15) is 10.7 Å². The third-order valence-corrected chi connectivity index (χ3v) is 4.57. The molecule has 0 saturated carbocycles. The maximum absolute atomic E-state index is 12.1. The molecule has 1 aromatic heterocycles. The number of pyridine rings is 1. The summed E-state index contributed by atoms with van der Waals surface area (Å²) in [5, 5.41) is 0. The topological polar surface area (TPSA) is 85.1 Å². The van der Waals surface area contributed by atoms with Gasteiger partial charge in [-0.15, -0.1) is 0 Å². The minimum atomic E-state index is -3.57. The summed E-state index contributed by atoms with van der Waals surface area (Å²) < 4.78 is 26.9. The zero-order chi connectivity index (χ0) is 14.3. The van der Waals surface area contributed by atoms with E-state index >= 15 is 0 Å². The Morgan fingerprint density at radius 1 is 1.37 bits per heavy atom. The Morgan fingerprint density at radius 3 is 2.74 bits per heavy atom. The van der Waals surface area contributed by atoms with Crippen LogP contribution in [-0.4, -0.2) is 19.4 Å². The van der Waals surface area contributed by atoms with Crippen LogP contribution in [0, 0.1) is 0 Å². The second kappa shape index (κ2) is 7.45. The third-order valence-electron chi connectivity index (χ3n) is 2.94. The van der Waals surface area contributed by atoms with Crippen molar-refractivity contribution >= 4 is 15.8 Å². The summed E-state index contributed by atoms with van der Waals surface area (Å²) in [5.41, 5.74) is 5.59. The lowest BCUT2D eigenvalue weighted by Gasteiger charge is -2.14. The lowest BCUT2D eigenvalue weighted by molar-refractivity contribution is 0.522. The molecule has 0 radical (unpaired) electrons. The molecule has 1 aromatic rings. The fourth-order valence-electron chi connectivity index (χ4n) is 1.89. The minimum absolute atomic E-state index is 0.0354. The van der Waals surface area contributed by atoms with Crippen molar-refractivity contribution in [1.29, 1.82) is 0 Å². The fourth-order valence-corrected chi connectivity index (χ4v) is 3.25. The van der Waals surface area contributed by atoms with Crippen molar-refractivity contribution in [1.82, 2.24) is 9.71 Å². The van der Waals surface area contributed by atoms with Gasteiger partial charge in [-0.3, -0.25) is 0 Å². The SMILES string of the molecule is CCCCCCC(C)NS(=O)(=O)c1cccnc1N. The number of unbranched alkanes of at least 4 members (excludes halogenated alkanes) is 3. The first-order valence-electron chi connectivity index (χ1n) is 6.70. The number of nitrogen functional groups attached to an aromatic ring is 1. The van der Waals surface area contributed by atoms with E-state index in [2.05, 4.69) is 16.6 Å². The van der Waals surface area contributed by atoms with Crippen LogP contribution in [0.2, 0.25) is 0 Å². The minimum Gasteiger partial charge on any atom is -0.383 e. The predicted octanol–water partition coefficient (Wildman–Crippen LogP) is 2.30. The van der Waals surface area contributed by atoms with Crippen LogP contribution in [0.1, 0.15) is 46.0 Å². The molecule has 1 rings (SSSR count). The standard InChI is InChI=1S/C13H23N3O2S/c1-3-4-5-6-8-11(2)16-19(17,18)12-9-7-10-15-13(12)14/h7,9-11,16H,3-6,8H2,1-2H3,(H2,14,15). The molecule has 0 bridgehead atoms. The lowest BCUT2D eigenvalue weighted by atomic mass is 10.1. The van der Waals surface area contributed by atoms with Crippen LogP contribution in [0.5, 0.6) is 0 Å². The average Bonchev–Trinajstić information content (AvgIpc) is 2.34. The predicted molar refractivity (Wildman–Crippen MR) is 77.2 cm³/mol. The summed E-state index contributed by atoms with van der Waals surface area (Å²) in [6.07, 6.45) is 6.83.